The highest BCUT2D eigenvalue weighted by molar-refractivity contribution is 5.76. The summed E-state index contributed by atoms with van der Waals surface area (Å²) in [5.41, 5.74) is -0.344. The minimum absolute atomic E-state index is 0.119. The zero-order valence-electron chi connectivity index (χ0n) is 8.10. The topological polar surface area (TPSA) is 26.3 Å². The summed E-state index contributed by atoms with van der Waals surface area (Å²) in [6.45, 7) is 7.99. The fourth-order valence-corrected chi connectivity index (χ4v) is 0.975. The van der Waals surface area contributed by atoms with Crippen LogP contribution in [-0.4, -0.2) is 13.1 Å². The van der Waals surface area contributed by atoms with Crippen molar-refractivity contribution in [2.24, 2.45) is 11.3 Å². The maximum atomic E-state index is 11.2. The Morgan fingerprint density at radius 2 is 2.00 bits per heavy atom. The normalized spacial score (nSPS) is 14.3. The maximum Gasteiger partial charge on any atom is 0.311 e. The summed E-state index contributed by atoms with van der Waals surface area (Å²) < 4.78 is 4.70. The van der Waals surface area contributed by atoms with Crippen LogP contribution in [0.3, 0.4) is 0 Å². The van der Waals surface area contributed by atoms with Crippen molar-refractivity contribution in [2.75, 3.05) is 7.11 Å². The van der Waals surface area contributed by atoms with Crippen molar-refractivity contribution in [1.82, 2.24) is 0 Å². The largest absolute Gasteiger partial charge is 0.469 e. The van der Waals surface area contributed by atoms with E-state index in [1.54, 1.807) is 0 Å². The van der Waals surface area contributed by atoms with Gasteiger partial charge in [0.2, 0.25) is 0 Å². The molecular formula is C9H18O2. The van der Waals surface area contributed by atoms with E-state index in [1.807, 2.05) is 13.8 Å². The molecule has 2 heteroatoms. The van der Waals surface area contributed by atoms with Crippen molar-refractivity contribution in [1.29, 1.82) is 0 Å². The lowest BCUT2D eigenvalue weighted by Crippen LogP contribution is -2.32. The minimum atomic E-state index is -0.344. The number of hydrogen-bond donors (Lipinski definition) is 0. The highest BCUT2D eigenvalue weighted by Gasteiger charge is 2.33. The van der Waals surface area contributed by atoms with E-state index in [-0.39, 0.29) is 11.4 Å². The first-order valence-corrected chi connectivity index (χ1v) is 4.05. The van der Waals surface area contributed by atoms with Gasteiger partial charge >= 0.3 is 5.97 Å². The van der Waals surface area contributed by atoms with Gasteiger partial charge in [0.05, 0.1) is 12.5 Å². The number of carbonyl (C=O) groups is 1. The van der Waals surface area contributed by atoms with E-state index < -0.39 is 0 Å². The summed E-state index contributed by atoms with van der Waals surface area (Å²) >= 11 is 0. The van der Waals surface area contributed by atoms with Crippen LogP contribution < -0.4 is 0 Å². The molecule has 11 heavy (non-hydrogen) atoms. The summed E-state index contributed by atoms with van der Waals surface area (Å²) in [4.78, 5) is 11.2. The van der Waals surface area contributed by atoms with Gasteiger partial charge < -0.3 is 4.74 Å². The lowest BCUT2D eigenvalue weighted by molar-refractivity contribution is -0.153. The monoisotopic (exact) mass is 158 g/mol. The number of hydrogen-bond acceptors (Lipinski definition) is 2. The molecule has 0 rings (SSSR count). The van der Waals surface area contributed by atoms with Crippen LogP contribution in [0.2, 0.25) is 0 Å². The first-order chi connectivity index (χ1) is 4.96. The average Bonchev–Trinajstić information content (AvgIpc) is 2.01. The Balaban J connectivity index is 4.31. The van der Waals surface area contributed by atoms with Crippen molar-refractivity contribution in [3.63, 3.8) is 0 Å². The third-order valence-electron chi connectivity index (χ3n) is 2.56. The van der Waals surface area contributed by atoms with Gasteiger partial charge in [0, 0.05) is 0 Å². The molecule has 0 bridgehead atoms. The molecule has 0 aromatic heterocycles. The SMILES string of the molecule is CCC(C)C(C)(C)C(=O)OC. The van der Waals surface area contributed by atoms with Crippen LogP contribution in [0.25, 0.3) is 0 Å². The average molecular weight is 158 g/mol. The van der Waals surface area contributed by atoms with E-state index in [2.05, 4.69) is 13.8 Å². The first kappa shape index (κ1) is 10.5. The van der Waals surface area contributed by atoms with E-state index >= 15 is 0 Å². The van der Waals surface area contributed by atoms with Crippen molar-refractivity contribution in [3.8, 4) is 0 Å². The van der Waals surface area contributed by atoms with Crippen LogP contribution in [0.5, 0.6) is 0 Å². The van der Waals surface area contributed by atoms with Crippen LogP contribution in [0.4, 0.5) is 0 Å². The van der Waals surface area contributed by atoms with Crippen LogP contribution in [-0.2, 0) is 9.53 Å². The van der Waals surface area contributed by atoms with Crippen LogP contribution >= 0.6 is 0 Å². The summed E-state index contributed by atoms with van der Waals surface area (Å²) in [7, 11) is 1.44. The number of rotatable bonds is 3. The molecule has 0 aromatic rings. The molecule has 0 aliphatic rings. The molecule has 66 valence electrons. The second kappa shape index (κ2) is 3.74. The smallest absolute Gasteiger partial charge is 0.311 e. The molecule has 0 radical (unpaired) electrons. The second-order valence-electron chi connectivity index (χ2n) is 3.52. The molecule has 0 saturated heterocycles. The Morgan fingerprint density at radius 3 is 2.27 bits per heavy atom. The lowest BCUT2D eigenvalue weighted by atomic mass is 9.79. The molecule has 1 atom stereocenters. The van der Waals surface area contributed by atoms with Gasteiger partial charge in [-0.1, -0.05) is 20.3 Å². The number of ether oxygens (including phenoxy) is 1. The van der Waals surface area contributed by atoms with Gasteiger partial charge in [0.25, 0.3) is 0 Å². The summed E-state index contributed by atoms with van der Waals surface area (Å²) in [6, 6.07) is 0. The highest BCUT2D eigenvalue weighted by atomic mass is 16.5. The molecule has 1 unspecified atom stereocenters. The Hall–Kier alpha value is -0.530. The van der Waals surface area contributed by atoms with Crippen molar-refractivity contribution < 1.29 is 9.53 Å². The number of esters is 1. The molecule has 0 heterocycles. The Labute approximate surface area is 68.9 Å². The van der Waals surface area contributed by atoms with Crippen LogP contribution in [0.15, 0.2) is 0 Å². The van der Waals surface area contributed by atoms with Gasteiger partial charge in [0.1, 0.15) is 0 Å². The maximum absolute atomic E-state index is 11.2. The van der Waals surface area contributed by atoms with Crippen LogP contribution in [0, 0.1) is 11.3 Å². The van der Waals surface area contributed by atoms with Crippen LogP contribution in [0.1, 0.15) is 34.1 Å². The van der Waals surface area contributed by atoms with Gasteiger partial charge in [-0.2, -0.15) is 0 Å². The molecule has 0 aromatic carbocycles. The molecule has 0 fully saturated rings. The summed E-state index contributed by atoms with van der Waals surface area (Å²) in [5, 5.41) is 0. The number of carbonyl (C=O) groups excluding carboxylic acids is 1. The Morgan fingerprint density at radius 1 is 1.55 bits per heavy atom. The molecule has 2 nitrogen and oxygen atoms in total. The fourth-order valence-electron chi connectivity index (χ4n) is 0.975. The zero-order chi connectivity index (χ0) is 9.07. The fraction of sp³-hybridized carbons (Fsp3) is 0.889. The lowest BCUT2D eigenvalue weighted by Gasteiger charge is -2.27. The summed E-state index contributed by atoms with van der Waals surface area (Å²) in [6.07, 6.45) is 1.00. The summed E-state index contributed by atoms with van der Waals surface area (Å²) in [5.74, 6) is 0.252. The Bertz CT molecular complexity index is 138. The molecule has 0 saturated carbocycles. The molecule has 0 aliphatic carbocycles. The molecule has 0 amide bonds. The van der Waals surface area contributed by atoms with E-state index in [4.69, 9.17) is 4.74 Å². The third kappa shape index (κ3) is 2.21. The van der Waals surface area contributed by atoms with Crippen molar-refractivity contribution in [2.45, 2.75) is 34.1 Å². The third-order valence-corrected chi connectivity index (χ3v) is 2.56. The minimum Gasteiger partial charge on any atom is -0.469 e. The van der Waals surface area contributed by atoms with Crippen molar-refractivity contribution in [3.05, 3.63) is 0 Å². The van der Waals surface area contributed by atoms with E-state index in [0.717, 1.165) is 6.42 Å². The standard InChI is InChI=1S/C9H18O2/c1-6-7(2)9(3,4)8(10)11-5/h7H,6H2,1-5H3. The first-order valence-electron chi connectivity index (χ1n) is 4.05. The molecule has 0 spiro atoms. The van der Waals surface area contributed by atoms with Gasteiger partial charge in [-0.05, 0) is 19.8 Å². The predicted octanol–water partition coefficient (Wildman–Crippen LogP) is 2.23. The molecule has 0 N–H and O–H groups in total. The van der Waals surface area contributed by atoms with Gasteiger partial charge in [-0.3, -0.25) is 4.79 Å². The quantitative estimate of drug-likeness (QED) is 0.589. The molecule has 0 aliphatic heterocycles. The van der Waals surface area contributed by atoms with Crippen molar-refractivity contribution >= 4 is 5.97 Å². The van der Waals surface area contributed by atoms with Gasteiger partial charge in [-0.15, -0.1) is 0 Å². The predicted molar refractivity (Wildman–Crippen MR) is 45.3 cm³/mol. The van der Waals surface area contributed by atoms with E-state index in [1.165, 1.54) is 7.11 Å². The second-order valence-corrected chi connectivity index (χ2v) is 3.52. The Kier molecular flexibility index (Phi) is 3.56. The van der Waals surface area contributed by atoms with E-state index in [0.29, 0.717) is 5.92 Å². The van der Waals surface area contributed by atoms with Gasteiger partial charge in [-0.25, -0.2) is 0 Å². The van der Waals surface area contributed by atoms with Gasteiger partial charge in [0.15, 0.2) is 0 Å². The number of methoxy groups -OCH3 is 1. The molecular weight excluding hydrogens is 140 g/mol. The highest BCUT2D eigenvalue weighted by Crippen LogP contribution is 2.29. The van der Waals surface area contributed by atoms with E-state index in [9.17, 15) is 4.79 Å². The zero-order valence-corrected chi connectivity index (χ0v) is 8.10.